The van der Waals surface area contributed by atoms with Crippen molar-refractivity contribution < 1.29 is 17.6 Å². The highest BCUT2D eigenvalue weighted by molar-refractivity contribution is 7.73. The molecule has 0 bridgehead atoms. The van der Waals surface area contributed by atoms with E-state index in [1.165, 1.54) is 24.3 Å². The van der Waals surface area contributed by atoms with Gasteiger partial charge in [-0.05, 0) is 10.6 Å². The van der Waals surface area contributed by atoms with E-state index in [9.17, 15) is 17.6 Å². The Morgan fingerprint density at radius 1 is 0.737 bits per heavy atom. The third-order valence-corrected chi connectivity index (χ3v) is 5.02. The van der Waals surface area contributed by atoms with Crippen molar-refractivity contribution >= 4 is 18.5 Å². The average Bonchev–Trinajstić information content (AvgIpc) is 2.40. The van der Waals surface area contributed by atoms with E-state index in [0.717, 1.165) is 0 Å². The summed E-state index contributed by atoms with van der Waals surface area (Å²) in [4.78, 5) is 0. The van der Waals surface area contributed by atoms with Crippen molar-refractivity contribution in [1.82, 2.24) is 0 Å². The van der Waals surface area contributed by atoms with Crippen molar-refractivity contribution in [2.24, 2.45) is 0 Å². The zero-order chi connectivity index (χ0) is 13.9. The molecule has 0 spiro atoms. The second-order valence-corrected chi connectivity index (χ2v) is 6.14. The minimum Gasteiger partial charge on any atom is -0.232 e. The summed E-state index contributed by atoms with van der Waals surface area (Å²) in [5, 5.41) is 0.766. The summed E-state index contributed by atoms with van der Waals surface area (Å²) in [6.45, 7) is 0. The number of halogens is 4. The summed E-state index contributed by atoms with van der Waals surface area (Å²) in [5.41, 5.74) is 0. The summed E-state index contributed by atoms with van der Waals surface area (Å²) in [6, 6.07) is 16.0. The van der Waals surface area contributed by atoms with Gasteiger partial charge in [-0.15, -0.1) is 0 Å². The van der Waals surface area contributed by atoms with Gasteiger partial charge in [-0.2, -0.15) is 13.2 Å². The Morgan fingerprint density at radius 3 is 1.42 bits per heavy atom. The first kappa shape index (κ1) is 14.0. The fourth-order valence-electron chi connectivity index (χ4n) is 1.73. The van der Waals surface area contributed by atoms with E-state index < -0.39 is 20.0 Å². The third-order valence-electron chi connectivity index (χ3n) is 2.57. The van der Waals surface area contributed by atoms with Crippen LogP contribution < -0.4 is 10.6 Å². The van der Waals surface area contributed by atoms with Gasteiger partial charge < -0.3 is 0 Å². The average molecular weight is 286 g/mol. The summed E-state index contributed by atoms with van der Waals surface area (Å²) in [5.74, 6) is -2.85. The van der Waals surface area contributed by atoms with Gasteiger partial charge in [0.25, 0.3) is 0 Å². The topological polar surface area (TPSA) is 0 Å². The van der Waals surface area contributed by atoms with Gasteiger partial charge in [-0.3, -0.25) is 0 Å². The molecule has 0 nitrogen and oxygen atoms in total. The molecule has 2 aromatic carbocycles. The Hall–Kier alpha value is -1.41. The Labute approximate surface area is 109 Å². The quantitative estimate of drug-likeness (QED) is 0.591. The van der Waals surface area contributed by atoms with Crippen LogP contribution in [0.15, 0.2) is 60.7 Å². The first-order valence-electron chi connectivity index (χ1n) is 5.60. The fourth-order valence-corrected chi connectivity index (χ4v) is 3.84. The highest BCUT2D eigenvalue weighted by atomic mass is 31.1. The second-order valence-electron chi connectivity index (χ2n) is 3.92. The summed E-state index contributed by atoms with van der Waals surface area (Å²) in [6.07, 6.45) is -4.85. The lowest BCUT2D eigenvalue weighted by Crippen LogP contribution is -2.30. The monoisotopic (exact) mass is 286 g/mol. The molecular weight excluding hydrogens is 275 g/mol. The fraction of sp³-hybridized carbons (Fsp3) is 0.143. The molecule has 0 saturated carbocycles. The molecule has 0 aliphatic rings. The van der Waals surface area contributed by atoms with Crippen LogP contribution in [0, 0.1) is 0 Å². The van der Waals surface area contributed by atoms with E-state index in [0.29, 0.717) is 10.6 Å². The largest absolute Gasteiger partial charge is 0.424 e. The van der Waals surface area contributed by atoms with E-state index >= 15 is 0 Å². The molecule has 2 rings (SSSR count). The summed E-state index contributed by atoms with van der Waals surface area (Å²) >= 11 is 0. The second kappa shape index (κ2) is 5.70. The SMILES string of the molecule is FC(P(c1ccccc1)c1ccccc1)C(F)(F)F. The molecule has 1 atom stereocenters. The summed E-state index contributed by atoms with van der Waals surface area (Å²) < 4.78 is 52.0. The zero-order valence-corrected chi connectivity index (χ0v) is 10.7. The maximum atomic E-state index is 13.8. The smallest absolute Gasteiger partial charge is 0.232 e. The van der Waals surface area contributed by atoms with E-state index in [-0.39, 0.29) is 0 Å². The molecule has 19 heavy (non-hydrogen) atoms. The van der Waals surface area contributed by atoms with E-state index in [2.05, 4.69) is 0 Å². The molecule has 1 unspecified atom stereocenters. The van der Waals surface area contributed by atoms with Crippen LogP contribution in [0.3, 0.4) is 0 Å². The molecule has 5 heteroatoms. The maximum Gasteiger partial charge on any atom is 0.424 e. The van der Waals surface area contributed by atoms with E-state index in [4.69, 9.17) is 0 Å². The van der Waals surface area contributed by atoms with Gasteiger partial charge >= 0.3 is 6.18 Å². The zero-order valence-electron chi connectivity index (χ0n) is 9.81. The van der Waals surface area contributed by atoms with Gasteiger partial charge in [0, 0.05) is 7.92 Å². The Bertz CT molecular complexity index is 470. The van der Waals surface area contributed by atoms with Crippen molar-refractivity contribution in [3.63, 3.8) is 0 Å². The number of benzene rings is 2. The molecule has 0 heterocycles. The van der Waals surface area contributed by atoms with Crippen LogP contribution in [0.25, 0.3) is 0 Å². The first-order valence-corrected chi connectivity index (χ1v) is 7.01. The van der Waals surface area contributed by atoms with Gasteiger partial charge in [-0.1, -0.05) is 60.7 Å². The lowest BCUT2D eigenvalue weighted by molar-refractivity contribution is -0.155. The normalized spacial score (nSPS) is 13.5. The van der Waals surface area contributed by atoms with Crippen LogP contribution in [0.5, 0.6) is 0 Å². The van der Waals surface area contributed by atoms with Gasteiger partial charge in [0.15, 0.2) is 0 Å². The molecule has 0 radical (unpaired) electrons. The van der Waals surface area contributed by atoms with E-state index in [1.807, 2.05) is 0 Å². The molecule has 0 aliphatic heterocycles. The van der Waals surface area contributed by atoms with Crippen molar-refractivity contribution in [1.29, 1.82) is 0 Å². The third kappa shape index (κ3) is 3.32. The summed E-state index contributed by atoms with van der Waals surface area (Å²) in [7, 11) is -2.09. The molecule has 0 amide bonds. The van der Waals surface area contributed by atoms with Crippen molar-refractivity contribution in [3.05, 3.63) is 60.7 Å². The van der Waals surface area contributed by atoms with Crippen LogP contribution >= 0.6 is 7.92 Å². The van der Waals surface area contributed by atoms with Crippen LogP contribution in [0.2, 0.25) is 0 Å². The number of hydrogen-bond acceptors (Lipinski definition) is 0. The van der Waals surface area contributed by atoms with E-state index in [1.54, 1.807) is 36.4 Å². The van der Waals surface area contributed by atoms with Crippen molar-refractivity contribution in [2.75, 3.05) is 0 Å². The molecular formula is C14H11F4P. The molecule has 100 valence electrons. The standard InChI is InChI=1S/C14H11F4P/c15-13(14(16,17)18)19(11-7-3-1-4-8-11)12-9-5-2-6-10-12/h1-10,13H. The van der Waals surface area contributed by atoms with Crippen molar-refractivity contribution in [3.8, 4) is 0 Å². The molecule has 0 saturated heterocycles. The molecule has 0 N–H and O–H groups in total. The molecule has 0 aliphatic carbocycles. The molecule has 0 aromatic heterocycles. The Morgan fingerprint density at radius 2 is 1.11 bits per heavy atom. The predicted octanol–water partition coefficient (Wildman–Crippen LogP) is 3.98. The number of hydrogen-bond donors (Lipinski definition) is 0. The van der Waals surface area contributed by atoms with Gasteiger partial charge in [0.2, 0.25) is 5.91 Å². The highest BCUT2D eigenvalue weighted by Crippen LogP contribution is 2.47. The maximum absolute atomic E-state index is 13.8. The molecule has 2 aromatic rings. The lowest BCUT2D eigenvalue weighted by Gasteiger charge is -2.24. The minimum atomic E-state index is -4.85. The lowest BCUT2D eigenvalue weighted by atomic mass is 10.4. The minimum absolute atomic E-state index is 0.383. The Balaban J connectivity index is 2.46. The first-order chi connectivity index (χ1) is 9.00. The predicted molar refractivity (Wildman–Crippen MR) is 70.0 cm³/mol. The van der Waals surface area contributed by atoms with Crippen LogP contribution in [0.4, 0.5) is 17.6 Å². The number of rotatable bonds is 3. The van der Waals surface area contributed by atoms with Crippen molar-refractivity contribution in [2.45, 2.75) is 12.1 Å². The van der Waals surface area contributed by atoms with Crippen LogP contribution in [-0.2, 0) is 0 Å². The van der Waals surface area contributed by atoms with Crippen LogP contribution in [0.1, 0.15) is 0 Å². The molecule has 0 fully saturated rings. The van der Waals surface area contributed by atoms with Gasteiger partial charge in [0.1, 0.15) is 0 Å². The van der Waals surface area contributed by atoms with Gasteiger partial charge in [-0.25, -0.2) is 4.39 Å². The number of alkyl halides is 4. The highest BCUT2D eigenvalue weighted by Gasteiger charge is 2.46. The van der Waals surface area contributed by atoms with Gasteiger partial charge in [0.05, 0.1) is 0 Å². The van der Waals surface area contributed by atoms with Crippen LogP contribution in [-0.4, -0.2) is 12.1 Å². The Kier molecular flexibility index (Phi) is 4.20.